The van der Waals surface area contributed by atoms with Gasteiger partial charge in [0.2, 0.25) is 0 Å². The molecule has 4 heteroatoms. The first-order valence-corrected chi connectivity index (χ1v) is 8.03. The maximum atomic E-state index is 13.3. The van der Waals surface area contributed by atoms with Gasteiger partial charge in [0.15, 0.2) is 0 Å². The normalized spacial score (nSPS) is 20.1. The molecule has 1 heterocycles. The van der Waals surface area contributed by atoms with Crippen LogP contribution >= 0.6 is 0 Å². The van der Waals surface area contributed by atoms with Crippen LogP contribution in [0.5, 0.6) is 0 Å². The number of halogens is 1. The molecular formula is C18H27FN2O. The van der Waals surface area contributed by atoms with Gasteiger partial charge in [-0.3, -0.25) is 9.80 Å². The van der Waals surface area contributed by atoms with E-state index in [1.165, 1.54) is 11.6 Å². The van der Waals surface area contributed by atoms with Crippen LogP contribution < -0.4 is 0 Å². The lowest BCUT2D eigenvalue weighted by Gasteiger charge is -2.41. The molecule has 3 nitrogen and oxygen atoms in total. The Kier molecular flexibility index (Phi) is 6.55. The molecule has 1 aromatic carbocycles. The highest BCUT2D eigenvalue weighted by molar-refractivity contribution is 5.16. The standard InChI is InChI=1S/C18H27FN2O/c1-15(2)6-8-21-10-9-20(14-18(21)7-11-22)13-16-4-3-5-17(19)12-16/h3-6,12,18,22H,7-11,13-14H2,1-2H3. The lowest BCUT2D eigenvalue weighted by atomic mass is 10.1. The molecule has 2 rings (SSSR count). The highest BCUT2D eigenvalue weighted by atomic mass is 19.1. The highest BCUT2D eigenvalue weighted by Crippen LogP contribution is 2.16. The SMILES string of the molecule is CC(C)=CCN1CCN(Cc2cccc(F)c2)CC1CCO. The van der Waals surface area contributed by atoms with E-state index in [2.05, 4.69) is 29.7 Å². The fourth-order valence-corrected chi connectivity index (χ4v) is 2.96. The molecule has 1 aliphatic heterocycles. The zero-order valence-electron chi connectivity index (χ0n) is 13.6. The summed E-state index contributed by atoms with van der Waals surface area (Å²) in [6.07, 6.45) is 3.03. The van der Waals surface area contributed by atoms with Crippen molar-refractivity contribution in [3.05, 3.63) is 47.3 Å². The molecule has 1 fully saturated rings. The first-order chi connectivity index (χ1) is 10.6. The van der Waals surface area contributed by atoms with Crippen molar-refractivity contribution in [2.75, 3.05) is 32.8 Å². The third kappa shape index (κ3) is 5.20. The second kappa shape index (κ2) is 8.42. The number of rotatable bonds is 6. The molecule has 122 valence electrons. The monoisotopic (exact) mass is 306 g/mol. The highest BCUT2D eigenvalue weighted by Gasteiger charge is 2.25. The van der Waals surface area contributed by atoms with Crippen molar-refractivity contribution in [1.29, 1.82) is 0 Å². The van der Waals surface area contributed by atoms with Crippen LogP contribution in [0.4, 0.5) is 4.39 Å². The number of piperazine rings is 1. The van der Waals surface area contributed by atoms with Gasteiger partial charge >= 0.3 is 0 Å². The van der Waals surface area contributed by atoms with E-state index in [-0.39, 0.29) is 12.4 Å². The number of hydrogen-bond donors (Lipinski definition) is 1. The summed E-state index contributed by atoms with van der Waals surface area (Å²) in [5.41, 5.74) is 2.34. The molecule has 0 aliphatic carbocycles. The van der Waals surface area contributed by atoms with Crippen LogP contribution in [0.3, 0.4) is 0 Å². The smallest absolute Gasteiger partial charge is 0.123 e. The molecule has 0 spiro atoms. The molecule has 0 bridgehead atoms. The lowest BCUT2D eigenvalue weighted by molar-refractivity contribution is 0.0636. The molecule has 1 aliphatic rings. The third-order valence-corrected chi connectivity index (χ3v) is 4.18. The molecule has 0 radical (unpaired) electrons. The largest absolute Gasteiger partial charge is 0.396 e. The van der Waals surface area contributed by atoms with Gasteiger partial charge in [0.25, 0.3) is 0 Å². The summed E-state index contributed by atoms with van der Waals surface area (Å²) in [5.74, 6) is -0.174. The Hall–Kier alpha value is -1.23. The number of nitrogens with zero attached hydrogens (tertiary/aromatic N) is 2. The summed E-state index contributed by atoms with van der Waals surface area (Å²) in [6.45, 7) is 9.05. The number of hydrogen-bond acceptors (Lipinski definition) is 3. The van der Waals surface area contributed by atoms with E-state index < -0.39 is 0 Å². The summed E-state index contributed by atoms with van der Waals surface area (Å²) in [6, 6.07) is 7.19. The van der Waals surface area contributed by atoms with Crippen LogP contribution in [-0.4, -0.2) is 53.7 Å². The minimum absolute atomic E-state index is 0.174. The average molecular weight is 306 g/mol. The van der Waals surface area contributed by atoms with Gasteiger partial charge in [-0.25, -0.2) is 4.39 Å². The van der Waals surface area contributed by atoms with Crippen molar-refractivity contribution in [2.24, 2.45) is 0 Å². The Balaban J connectivity index is 1.95. The summed E-state index contributed by atoms with van der Waals surface area (Å²) in [7, 11) is 0. The van der Waals surface area contributed by atoms with Crippen molar-refractivity contribution in [2.45, 2.75) is 32.9 Å². The molecule has 0 aromatic heterocycles. The second-order valence-corrected chi connectivity index (χ2v) is 6.31. The minimum Gasteiger partial charge on any atom is -0.396 e. The fraction of sp³-hybridized carbons (Fsp3) is 0.556. The summed E-state index contributed by atoms with van der Waals surface area (Å²) in [5, 5.41) is 9.32. The lowest BCUT2D eigenvalue weighted by Crippen LogP contribution is -2.53. The molecule has 1 atom stereocenters. The number of benzene rings is 1. The molecule has 0 amide bonds. The molecule has 0 saturated carbocycles. The van der Waals surface area contributed by atoms with Crippen molar-refractivity contribution in [3.63, 3.8) is 0 Å². The Morgan fingerprint density at radius 2 is 2.18 bits per heavy atom. The number of aliphatic hydroxyl groups excluding tert-OH is 1. The van der Waals surface area contributed by atoms with Crippen LogP contribution in [0.15, 0.2) is 35.9 Å². The Morgan fingerprint density at radius 3 is 2.86 bits per heavy atom. The van der Waals surface area contributed by atoms with Gasteiger partial charge in [0.1, 0.15) is 5.82 Å². The van der Waals surface area contributed by atoms with E-state index in [9.17, 15) is 9.50 Å². The molecular weight excluding hydrogens is 279 g/mol. The zero-order valence-corrected chi connectivity index (χ0v) is 13.6. The van der Waals surface area contributed by atoms with Crippen molar-refractivity contribution in [1.82, 2.24) is 9.80 Å². The van der Waals surface area contributed by atoms with Gasteiger partial charge in [-0.15, -0.1) is 0 Å². The summed E-state index contributed by atoms with van der Waals surface area (Å²) < 4.78 is 13.3. The van der Waals surface area contributed by atoms with Gasteiger partial charge < -0.3 is 5.11 Å². The van der Waals surface area contributed by atoms with Crippen LogP contribution in [-0.2, 0) is 6.54 Å². The van der Waals surface area contributed by atoms with Crippen LogP contribution in [0, 0.1) is 5.82 Å². The zero-order chi connectivity index (χ0) is 15.9. The number of allylic oxidation sites excluding steroid dienone is 1. The fourth-order valence-electron chi connectivity index (χ4n) is 2.96. The average Bonchev–Trinajstić information content (AvgIpc) is 2.46. The summed E-state index contributed by atoms with van der Waals surface area (Å²) >= 11 is 0. The van der Waals surface area contributed by atoms with Crippen LogP contribution in [0.1, 0.15) is 25.8 Å². The topological polar surface area (TPSA) is 26.7 Å². The predicted molar refractivity (Wildman–Crippen MR) is 88.2 cm³/mol. The van der Waals surface area contributed by atoms with Gasteiger partial charge in [0, 0.05) is 45.4 Å². The Labute approximate surface area is 133 Å². The van der Waals surface area contributed by atoms with E-state index in [0.717, 1.165) is 44.7 Å². The maximum absolute atomic E-state index is 13.3. The number of aliphatic hydroxyl groups is 1. The van der Waals surface area contributed by atoms with Crippen LogP contribution in [0.25, 0.3) is 0 Å². The van der Waals surface area contributed by atoms with E-state index in [1.807, 2.05) is 6.07 Å². The van der Waals surface area contributed by atoms with Gasteiger partial charge in [-0.1, -0.05) is 23.8 Å². The summed E-state index contributed by atoms with van der Waals surface area (Å²) in [4.78, 5) is 4.79. The van der Waals surface area contributed by atoms with E-state index in [4.69, 9.17) is 0 Å². The molecule has 22 heavy (non-hydrogen) atoms. The van der Waals surface area contributed by atoms with Gasteiger partial charge in [0.05, 0.1) is 0 Å². The quantitative estimate of drug-likeness (QED) is 0.819. The van der Waals surface area contributed by atoms with E-state index >= 15 is 0 Å². The van der Waals surface area contributed by atoms with Crippen LogP contribution in [0.2, 0.25) is 0 Å². The molecule has 1 saturated heterocycles. The van der Waals surface area contributed by atoms with Crippen molar-refractivity contribution in [3.8, 4) is 0 Å². The minimum atomic E-state index is -0.174. The van der Waals surface area contributed by atoms with Gasteiger partial charge in [-0.2, -0.15) is 0 Å². The molecule has 1 N–H and O–H groups in total. The van der Waals surface area contributed by atoms with Crippen molar-refractivity contribution < 1.29 is 9.50 Å². The Bertz CT molecular complexity index is 500. The van der Waals surface area contributed by atoms with Crippen molar-refractivity contribution >= 4 is 0 Å². The second-order valence-electron chi connectivity index (χ2n) is 6.31. The first kappa shape index (κ1) is 17.1. The third-order valence-electron chi connectivity index (χ3n) is 4.18. The van der Waals surface area contributed by atoms with E-state index in [0.29, 0.717) is 6.04 Å². The van der Waals surface area contributed by atoms with Gasteiger partial charge in [-0.05, 0) is 38.0 Å². The van der Waals surface area contributed by atoms with E-state index in [1.54, 1.807) is 12.1 Å². The Morgan fingerprint density at radius 1 is 1.36 bits per heavy atom. The predicted octanol–water partition coefficient (Wildman–Crippen LogP) is 2.66. The molecule has 1 unspecified atom stereocenters. The molecule has 1 aromatic rings. The first-order valence-electron chi connectivity index (χ1n) is 8.03. The maximum Gasteiger partial charge on any atom is 0.123 e.